The number of aromatic nitrogens is 4. The lowest BCUT2D eigenvalue weighted by Crippen LogP contribution is -2.31. The molecule has 0 aliphatic carbocycles. The Labute approximate surface area is 170 Å². The molecule has 8 heteroatoms. The summed E-state index contributed by atoms with van der Waals surface area (Å²) < 4.78 is 11.3. The van der Waals surface area contributed by atoms with Crippen molar-refractivity contribution in [3.8, 4) is 5.75 Å². The lowest BCUT2D eigenvalue weighted by atomic mass is 10.1. The molecule has 1 saturated heterocycles. The largest absolute Gasteiger partial charge is 0.485 e. The minimum atomic E-state index is 0.298. The highest BCUT2D eigenvalue weighted by Crippen LogP contribution is 2.18. The quantitative estimate of drug-likeness (QED) is 0.631. The normalized spacial score (nSPS) is 15.3. The van der Waals surface area contributed by atoms with Crippen molar-refractivity contribution in [2.24, 2.45) is 0 Å². The fourth-order valence-corrected chi connectivity index (χ4v) is 3.59. The second kappa shape index (κ2) is 9.00. The highest BCUT2D eigenvalue weighted by atomic mass is 16.5. The maximum absolute atomic E-state index is 5.82. The van der Waals surface area contributed by atoms with E-state index in [1.54, 1.807) is 6.20 Å². The Morgan fingerprint density at radius 2 is 1.93 bits per heavy atom. The lowest BCUT2D eigenvalue weighted by Gasteiger charge is -2.21. The van der Waals surface area contributed by atoms with Crippen molar-refractivity contribution in [1.29, 1.82) is 0 Å². The maximum Gasteiger partial charge on any atom is 0.240 e. The molecule has 0 spiro atoms. The van der Waals surface area contributed by atoms with Crippen LogP contribution in [0.3, 0.4) is 0 Å². The molecule has 0 bridgehead atoms. The Balaban J connectivity index is 1.29. The van der Waals surface area contributed by atoms with E-state index in [9.17, 15) is 0 Å². The maximum atomic E-state index is 5.82. The molecule has 1 aliphatic rings. The predicted molar refractivity (Wildman–Crippen MR) is 109 cm³/mol. The number of anilines is 1. The summed E-state index contributed by atoms with van der Waals surface area (Å²) in [6.45, 7) is 8.81. The number of nitrogens with zero attached hydrogens (tertiary/aromatic N) is 6. The van der Waals surface area contributed by atoms with Crippen LogP contribution >= 0.6 is 0 Å². The minimum Gasteiger partial charge on any atom is -0.485 e. The number of ether oxygens (including phenoxy) is 1. The Kier molecular flexibility index (Phi) is 6.00. The molecule has 1 aliphatic heterocycles. The summed E-state index contributed by atoms with van der Waals surface area (Å²) in [5, 5.41) is 12.3. The van der Waals surface area contributed by atoms with Gasteiger partial charge in [-0.05, 0) is 55.7 Å². The Morgan fingerprint density at radius 3 is 2.72 bits per heavy atom. The van der Waals surface area contributed by atoms with Gasteiger partial charge in [0.2, 0.25) is 11.7 Å². The number of hydrogen-bond acceptors (Lipinski definition) is 8. The topological polar surface area (TPSA) is 80.4 Å². The standard InChI is InChI=1S/C21H26N6O2/c1-16-11-17(2)13-18(12-16)28-15-19-23-21(29-25-19)14-26-7-4-8-27(10-9-26)20-5-3-6-22-24-20/h3,5-6,11-13H,4,7-10,14-15H2,1-2H3. The SMILES string of the molecule is Cc1cc(C)cc(OCc2noc(CN3CCCN(c4cccnn4)CC3)n2)c1. The van der Waals surface area contributed by atoms with E-state index in [0.717, 1.165) is 44.2 Å². The van der Waals surface area contributed by atoms with Gasteiger partial charge in [0.25, 0.3) is 0 Å². The predicted octanol–water partition coefficient (Wildman–Crippen LogP) is 2.77. The molecule has 3 heterocycles. The molecule has 4 rings (SSSR count). The van der Waals surface area contributed by atoms with E-state index in [1.165, 1.54) is 11.1 Å². The van der Waals surface area contributed by atoms with Gasteiger partial charge < -0.3 is 14.2 Å². The van der Waals surface area contributed by atoms with Gasteiger partial charge in [0.15, 0.2) is 12.4 Å². The van der Waals surface area contributed by atoms with Crippen LogP contribution in [0.15, 0.2) is 41.1 Å². The number of hydrogen-bond donors (Lipinski definition) is 0. The van der Waals surface area contributed by atoms with Gasteiger partial charge in [-0.2, -0.15) is 10.1 Å². The first-order valence-corrected chi connectivity index (χ1v) is 9.93. The first-order chi connectivity index (χ1) is 14.2. The van der Waals surface area contributed by atoms with Crippen molar-refractivity contribution < 1.29 is 9.26 Å². The molecule has 1 aromatic carbocycles. The van der Waals surface area contributed by atoms with E-state index in [2.05, 4.69) is 50.1 Å². The molecule has 8 nitrogen and oxygen atoms in total. The van der Waals surface area contributed by atoms with Gasteiger partial charge >= 0.3 is 0 Å². The van der Waals surface area contributed by atoms with Crippen LogP contribution in [0.4, 0.5) is 5.82 Å². The van der Waals surface area contributed by atoms with Crippen LogP contribution in [0.25, 0.3) is 0 Å². The molecule has 2 aromatic heterocycles. The minimum absolute atomic E-state index is 0.298. The molecule has 0 atom stereocenters. The summed E-state index contributed by atoms with van der Waals surface area (Å²) >= 11 is 0. The van der Waals surface area contributed by atoms with Crippen LogP contribution in [0.1, 0.15) is 29.3 Å². The van der Waals surface area contributed by atoms with E-state index >= 15 is 0 Å². The highest BCUT2D eigenvalue weighted by Gasteiger charge is 2.18. The second-order valence-electron chi connectivity index (χ2n) is 7.42. The molecule has 0 saturated carbocycles. The van der Waals surface area contributed by atoms with Gasteiger partial charge in [-0.3, -0.25) is 4.90 Å². The lowest BCUT2D eigenvalue weighted by molar-refractivity contribution is 0.237. The van der Waals surface area contributed by atoms with Crippen LogP contribution in [0, 0.1) is 13.8 Å². The van der Waals surface area contributed by atoms with Crippen molar-refractivity contribution in [3.05, 3.63) is 59.4 Å². The number of aryl methyl sites for hydroxylation is 2. The van der Waals surface area contributed by atoms with Crippen LogP contribution in [0.5, 0.6) is 5.75 Å². The third-order valence-corrected chi connectivity index (χ3v) is 4.90. The zero-order chi connectivity index (χ0) is 20.1. The van der Waals surface area contributed by atoms with Crippen molar-refractivity contribution in [2.45, 2.75) is 33.4 Å². The van der Waals surface area contributed by atoms with Gasteiger partial charge in [-0.15, -0.1) is 5.10 Å². The summed E-state index contributed by atoms with van der Waals surface area (Å²) in [6.07, 6.45) is 2.75. The summed E-state index contributed by atoms with van der Waals surface area (Å²) in [4.78, 5) is 9.09. The smallest absolute Gasteiger partial charge is 0.240 e. The van der Waals surface area contributed by atoms with Crippen LogP contribution in [0.2, 0.25) is 0 Å². The molecule has 0 radical (unpaired) electrons. The van der Waals surface area contributed by atoms with Crippen molar-refractivity contribution >= 4 is 5.82 Å². The van der Waals surface area contributed by atoms with Crippen LogP contribution < -0.4 is 9.64 Å². The molecule has 3 aromatic rings. The third-order valence-electron chi connectivity index (χ3n) is 4.90. The fourth-order valence-electron chi connectivity index (χ4n) is 3.59. The molecule has 1 fully saturated rings. The molecule has 0 N–H and O–H groups in total. The Morgan fingerprint density at radius 1 is 1.07 bits per heavy atom. The molecular weight excluding hydrogens is 368 g/mol. The van der Waals surface area contributed by atoms with Crippen molar-refractivity contribution in [1.82, 2.24) is 25.2 Å². The summed E-state index contributed by atoms with van der Waals surface area (Å²) in [5.41, 5.74) is 2.34. The molecular formula is C21H26N6O2. The average molecular weight is 394 g/mol. The average Bonchev–Trinajstić information content (AvgIpc) is 3.02. The van der Waals surface area contributed by atoms with E-state index in [-0.39, 0.29) is 0 Å². The second-order valence-corrected chi connectivity index (χ2v) is 7.42. The first kappa shape index (κ1) is 19.3. The zero-order valence-electron chi connectivity index (χ0n) is 16.9. The van der Waals surface area contributed by atoms with Gasteiger partial charge in [0, 0.05) is 32.4 Å². The monoisotopic (exact) mass is 394 g/mol. The molecule has 0 unspecified atom stereocenters. The van der Waals surface area contributed by atoms with Crippen molar-refractivity contribution in [2.75, 3.05) is 31.1 Å². The zero-order valence-corrected chi connectivity index (χ0v) is 16.9. The van der Waals surface area contributed by atoms with Crippen LogP contribution in [-0.4, -0.2) is 51.4 Å². The Bertz CT molecular complexity index is 910. The van der Waals surface area contributed by atoms with E-state index < -0.39 is 0 Å². The highest BCUT2D eigenvalue weighted by molar-refractivity contribution is 5.36. The van der Waals surface area contributed by atoms with E-state index in [4.69, 9.17) is 9.26 Å². The van der Waals surface area contributed by atoms with Gasteiger partial charge in [-0.25, -0.2) is 0 Å². The van der Waals surface area contributed by atoms with Gasteiger partial charge in [0.1, 0.15) is 5.75 Å². The summed E-state index contributed by atoms with van der Waals surface area (Å²) in [6, 6.07) is 10.1. The van der Waals surface area contributed by atoms with Crippen LogP contribution in [-0.2, 0) is 13.2 Å². The summed E-state index contributed by atoms with van der Waals surface area (Å²) in [5.74, 6) is 2.94. The summed E-state index contributed by atoms with van der Waals surface area (Å²) in [7, 11) is 0. The van der Waals surface area contributed by atoms with Gasteiger partial charge in [-0.1, -0.05) is 11.2 Å². The van der Waals surface area contributed by atoms with E-state index in [1.807, 2.05) is 24.3 Å². The van der Waals surface area contributed by atoms with Gasteiger partial charge in [0.05, 0.1) is 6.54 Å². The third kappa shape index (κ3) is 5.29. The Hall–Kier alpha value is -3.00. The van der Waals surface area contributed by atoms with E-state index in [0.29, 0.717) is 24.9 Å². The number of rotatable bonds is 6. The fraction of sp³-hybridized carbons (Fsp3) is 0.429. The van der Waals surface area contributed by atoms with Crippen molar-refractivity contribution in [3.63, 3.8) is 0 Å². The first-order valence-electron chi connectivity index (χ1n) is 9.93. The molecule has 29 heavy (non-hydrogen) atoms. The number of benzene rings is 1. The molecule has 152 valence electrons. The molecule has 0 amide bonds.